The Labute approximate surface area is 133 Å². The highest BCUT2D eigenvalue weighted by Crippen LogP contribution is 2.28. The molecule has 0 radical (unpaired) electrons. The van der Waals surface area contributed by atoms with Crippen LogP contribution in [-0.4, -0.2) is 30.9 Å². The fourth-order valence-corrected chi connectivity index (χ4v) is 3.76. The fourth-order valence-electron chi connectivity index (χ4n) is 3.24. The van der Waals surface area contributed by atoms with Crippen molar-refractivity contribution in [2.24, 2.45) is 0 Å². The van der Waals surface area contributed by atoms with Gasteiger partial charge in [0.15, 0.2) is 6.04 Å². The molecule has 3 rings (SSSR count). The molecule has 0 aromatic heterocycles. The summed E-state index contributed by atoms with van der Waals surface area (Å²) in [5.74, 6) is -0.295. The molecule has 2 aliphatic rings. The van der Waals surface area contributed by atoms with Crippen molar-refractivity contribution in [3.05, 3.63) is 28.2 Å². The highest BCUT2D eigenvalue weighted by molar-refractivity contribution is 6.35. The van der Waals surface area contributed by atoms with Crippen molar-refractivity contribution in [1.29, 1.82) is 0 Å². The normalized spacial score (nSPS) is 23.9. The number of rotatable bonds is 2. The van der Waals surface area contributed by atoms with Crippen LogP contribution in [0.3, 0.4) is 0 Å². The second-order valence-electron chi connectivity index (χ2n) is 5.67. The van der Waals surface area contributed by atoms with Crippen molar-refractivity contribution in [2.45, 2.75) is 31.7 Å². The van der Waals surface area contributed by atoms with E-state index in [1.165, 1.54) is 16.2 Å². The SMILES string of the molecule is O=C1CC([NH+]2CCCCC2)C(=O)N1c1cc(Cl)cc(Cl)c1. The van der Waals surface area contributed by atoms with E-state index >= 15 is 0 Å². The zero-order valence-corrected chi connectivity index (χ0v) is 13.1. The van der Waals surface area contributed by atoms with Crippen LogP contribution in [0, 0.1) is 0 Å². The van der Waals surface area contributed by atoms with E-state index in [2.05, 4.69) is 0 Å². The molecule has 1 aromatic rings. The first-order chi connectivity index (χ1) is 10.1. The third-order valence-electron chi connectivity index (χ3n) is 4.24. The standard InChI is InChI=1S/C15H16Cl2N2O2/c16-10-6-11(17)8-12(7-10)19-14(20)9-13(15(19)21)18-4-2-1-3-5-18/h6-8,13H,1-5,9H2/p+1. The molecule has 2 saturated heterocycles. The van der Waals surface area contributed by atoms with Crippen LogP contribution in [0.1, 0.15) is 25.7 Å². The summed E-state index contributed by atoms with van der Waals surface area (Å²) in [7, 11) is 0. The van der Waals surface area contributed by atoms with Crippen LogP contribution in [0.5, 0.6) is 0 Å². The summed E-state index contributed by atoms with van der Waals surface area (Å²) in [5, 5.41) is 0.846. The number of hydrogen-bond donors (Lipinski definition) is 1. The van der Waals surface area contributed by atoms with Gasteiger partial charge in [-0.15, -0.1) is 0 Å². The summed E-state index contributed by atoms with van der Waals surface area (Å²) in [6.45, 7) is 1.93. The van der Waals surface area contributed by atoms with Crippen LogP contribution >= 0.6 is 23.2 Å². The van der Waals surface area contributed by atoms with Gasteiger partial charge in [0.2, 0.25) is 5.91 Å². The van der Waals surface area contributed by atoms with Gasteiger partial charge in [0, 0.05) is 10.0 Å². The molecule has 1 unspecified atom stereocenters. The summed E-state index contributed by atoms with van der Waals surface area (Å²) in [4.78, 5) is 27.4. The summed E-state index contributed by atoms with van der Waals surface area (Å²) in [6, 6.07) is 4.55. The first kappa shape index (κ1) is 14.8. The minimum atomic E-state index is -0.254. The highest BCUT2D eigenvalue weighted by atomic mass is 35.5. The van der Waals surface area contributed by atoms with E-state index in [-0.39, 0.29) is 24.3 Å². The van der Waals surface area contributed by atoms with Gasteiger partial charge in [-0.1, -0.05) is 23.2 Å². The quantitative estimate of drug-likeness (QED) is 0.840. The van der Waals surface area contributed by atoms with Gasteiger partial charge in [0.05, 0.1) is 25.2 Å². The number of nitrogens with zero attached hydrogens (tertiary/aromatic N) is 1. The van der Waals surface area contributed by atoms with E-state index in [0.717, 1.165) is 25.9 Å². The van der Waals surface area contributed by atoms with Crippen LogP contribution < -0.4 is 9.80 Å². The molecule has 2 fully saturated rings. The van der Waals surface area contributed by atoms with Gasteiger partial charge in [-0.05, 0) is 37.5 Å². The summed E-state index contributed by atoms with van der Waals surface area (Å²) in [5.41, 5.74) is 0.474. The van der Waals surface area contributed by atoms with Crippen molar-refractivity contribution >= 4 is 40.7 Å². The molecule has 0 bridgehead atoms. The zero-order valence-electron chi connectivity index (χ0n) is 11.6. The maximum Gasteiger partial charge on any atom is 0.292 e. The number of anilines is 1. The van der Waals surface area contributed by atoms with Gasteiger partial charge in [-0.25, -0.2) is 4.90 Å². The van der Waals surface area contributed by atoms with Gasteiger partial charge in [0.1, 0.15) is 0 Å². The van der Waals surface area contributed by atoms with Crippen LogP contribution in [0.4, 0.5) is 5.69 Å². The van der Waals surface area contributed by atoms with E-state index in [1.807, 2.05) is 0 Å². The topological polar surface area (TPSA) is 41.8 Å². The molecule has 112 valence electrons. The number of piperidine rings is 1. The fraction of sp³-hybridized carbons (Fsp3) is 0.467. The zero-order chi connectivity index (χ0) is 15.0. The lowest BCUT2D eigenvalue weighted by molar-refractivity contribution is -0.919. The van der Waals surface area contributed by atoms with Gasteiger partial charge in [-0.2, -0.15) is 0 Å². The summed E-state index contributed by atoms with van der Waals surface area (Å²) in [6.07, 6.45) is 3.73. The van der Waals surface area contributed by atoms with E-state index in [4.69, 9.17) is 23.2 Å². The molecular weight excluding hydrogens is 311 g/mol. The van der Waals surface area contributed by atoms with Crippen molar-refractivity contribution in [3.8, 4) is 0 Å². The number of amides is 2. The molecule has 1 N–H and O–H groups in total. The van der Waals surface area contributed by atoms with Crippen molar-refractivity contribution in [2.75, 3.05) is 18.0 Å². The lowest BCUT2D eigenvalue weighted by atomic mass is 10.1. The van der Waals surface area contributed by atoms with Crippen LogP contribution in [0.25, 0.3) is 0 Å². The smallest absolute Gasteiger partial charge is 0.292 e. The van der Waals surface area contributed by atoms with Crippen LogP contribution in [-0.2, 0) is 9.59 Å². The molecule has 6 heteroatoms. The molecule has 0 aliphatic carbocycles. The number of benzene rings is 1. The molecule has 2 aliphatic heterocycles. The number of hydrogen-bond acceptors (Lipinski definition) is 2. The number of halogens is 2. The molecular formula is C15H17Cl2N2O2+. The molecule has 2 amide bonds. The molecule has 21 heavy (non-hydrogen) atoms. The Balaban J connectivity index is 1.86. The molecule has 1 aromatic carbocycles. The Hall–Kier alpha value is -1.10. The maximum atomic E-state index is 12.6. The van der Waals surface area contributed by atoms with E-state index in [9.17, 15) is 9.59 Å². The van der Waals surface area contributed by atoms with E-state index in [1.54, 1.807) is 18.2 Å². The van der Waals surface area contributed by atoms with Crippen molar-refractivity contribution in [3.63, 3.8) is 0 Å². The summed E-state index contributed by atoms with van der Waals surface area (Å²) >= 11 is 11.9. The average molecular weight is 328 g/mol. The van der Waals surface area contributed by atoms with Crippen molar-refractivity contribution < 1.29 is 14.5 Å². The molecule has 1 atom stereocenters. The number of likely N-dealkylation sites (tertiary alicyclic amines) is 1. The number of carbonyl (C=O) groups excluding carboxylic acids is 2. The molecule has 0 saturated carbocycles. The number of carbonyl (C=O) groups is 2. The number of quaternary nitrogens is 1. The Bertz CT molecular complexity index is 565. The highest BCUT2D eigenvalue weighted by Gasteiger charge is 2.45. The monoisotopic (exact) mass is 327 g/mol. The van der Waals surface area contributed by atoms with Gasteiger partial charge in [0.25, 0.3) is 5.91 Å². The Morgan fingerprint density at radius 2 is 1.62 bits per heavy atom. The van der Waals surface area contributed by atoms with E-state index in [0.29, 0.717) is 15.7 Å². The second kappa shape index (κ2) is 5.95. The number of nitrogens with one attached hydrogen (secondary N) is 1. The van der Waals surface area contributed by atoms with E-state index < -0.39 is 0 Å². The minimum absolute atomic E-state index is 0.129. The minimum Gasteiger partial charge on any atom is -0.324 e. The van der Waals surface area contributed by atoms with Gasteiger partial charge in [-0.3, -0.25) is 9.59 Å². The molecule has 4 nitrogen and oxygen atoms in total. The largest absolute Gasteiger partial charge is 0.324 e. The predicted octanol–water partition coefficient (Wildman–Crippen LogP) is 1.69. The first-order valence-corrected chi connectivity index (χ1v) is 7.99. The Morgan fingerprint density at radius 3 is 2.24 bits per heavy atom. The molecule has 0 spiro atoms. The summed E-state index contributed by atoms with van der Waals surface area (Å²) < 4.78 is 0. The van der Waals surface area contributed by atoms with Gasteiger partial charge < -0.3 is 4.90 Å². The maximum absolute atomic E-state index is 12.6. The Morgan fingerprint density at radius 1 is 1.00 bits per heavy atom. The van der Waals surface area contributed by atoms with Crippen LogP contribution in [0.15, 0.2) is 18.2 Å². The average Bonchev–Trinajstić information content (AvgIpc) is 2.74. The lowest BCUT2D eigenvalue weighted by Gasteiger charge is -2.27. The van der Waals surface area contributed by atoms with Crippen molar-refractivity contribution in [1.82, 2.24) is 0 Å². The Kier molecular flexibility index (Phi) is 4.20. The van der Waals surface area contributed by atoms with Crippen LogP contribution in [0.2, 0.25) is 10.0 Å². The molecule has 2 heterocycles. The third-order valence-corrected chi connectivity index (χ3v) is 4.68. The first-order valence-electron chi connectivity index (χ1n) is 7.24. The second-order valence-corrected chi connectivity index (χ2v) is 6.54. The van der Waals surface area contributed by atoms with Gasteiger partial charge >= 0.3 is 0 Å². The third kappa shape index (κ3) is 2.93. The lowest BCUT2D eigenvalue weighted by Crippen LogP contribution is -3.17. The predicted molar refractivity (Wildman–Crippen MR) is 81.9 cm³/mol. The number of imide groups is 1.